The highest BCUT2D eigenvalue weighted by atomic mass is 32.1. The second kappa shape index (κ2) is 14.6. The number of benzene rings is 2. The predicted molar refractivity (Wildman–Crippen MR) is 197 cm³/mol. The summed E-state index contributed by atoms with van der Waals surface area (Å²) in [6.45, 7) is 8.92. The first-order valence-corrected chi connectivity index (χ1v) is 18.9. The summed E-state index contributed by atoms with van der Waals surface area (Å²) in [5, 5.41) is 9.08. The van der Waals surface area contributed by atoms with Crippen molar-refractivity contribution < 1.29 is 40.3 Å². The molecule has 0 saturated carbocycles. The van der Waals surface area contributed by atoms with E-state index in [1.807, 2.05) is 18.7 Å². The molecule has 17 heteroatoms. The number of hydrogen-bond donors (Lipinski definition) is 1. The number of nitrogens with zero attached hydrogens (tertiary/aromatic N) is 6. The Morgan fingerprint density at radius 1 is 1.18 bits per heavy atom. The summed E-state index contributed by atoms with van der Waals surface area (Å²) < 4.78 is 113. The van der Waals surface area contributed by atoms with Crippen molar-refractivity contribution >= 4 is 49.1 Å². The maximum absolute atomic E-state index is 17.2. The van der Waals surface area contributed by atoms with E-state index in [2.05, 4.69) is 9.97 Å². The fraction of sp³-hybridized carbons (Fsp3) is 0.526. The number of carbonyl (C=O) groups is 1. The lowest BCUT2D eigenvalue weighted by Crippen LogP contribution is -2.49. The summed E-state index contributed by atoms with van der Waals surface area (Å²) in [6, 6.07) is 2.75. The monoisotopic (exact) mass is 793 g/mol. The van der Waals surface area contributed by atoms with Gasteiger partial charge in [-0.25, -0.2) is 17.6 Å². The molecule has 4 atom stereocenters. The summed E-state index contributed by atoms with van der Waals surface area (Å²) in [6.07, 6.45) is -4.34. The second-order valence-electron chi connectivity index (χ2n) is 14.6. The van der Waals surface area contributed by atoms with Crippen LogP contribution >= 0.6 is 11.3 Å². The Morgan fingerprint density at radius 3 is 2.55 bits per heavy atom. The zero-order valence-corrected chi connectivity index (χ0v) is 32.1. The predicted octanol–water partition coefficient (Wildman–Crippen LogP) is 8.42. The second-order valence-corrected chi connectivity index (χ2v) is 15.7. The van der Waals surface area contributed by atoms with Gasteiger partial charge in [0.25, 0.3) is 5.91 Å². The zero-order chi connectivity index (χ0) is 40.4. The first-order chi connectivity index (χ1) is 25.9. The first kappa shape index (κ1) is 40.2. The van der Waals surface area contributed by atoms with E-state index in [0.29, 0.717) is 30.4 Å². The number of halogens is 7. The number of fused-ring (bicyclic) bond motifs is 3. The van der Waals surface area contributed by atoms with Gasteiger partial charge in [-0.2, -0.15) is 28.4 Å². The number of ether oxygens (including phenoxy) is 1. The summed E-state index contributed by atoms with van der Waals surface area (Å²) in [4.78, 5) is 26.6. The van der Waals surface area contributed by atoms with E-state index in [0.717, 1.165) is 32.4 Å². The molecule has 2 N–H and O–H groups in total. The largest absolute Gasteiger partial charge is 0.461 e. The quantitative estimate of drug-likeness (QED) is 0.186. The van der Waals surface area contributed by atoms with Gasteiger partial charge in [-0.15, -0.1) is 11.3 Å². The van der Waals surface area contributed by atoms with Crippen molar-refractivity contribution in [2.24, 2.45) is 0 Å². The summed E-state index contributed by atoms with van der Waals surface area (Å²) in [5.74, 6) is -3.19. The molecule has 5 heterocycles. The molecule has 2 aromatic carbocycles. The van der Waals surface area contributed by atoms with Crippen molar-refractivity contribution in [1.82, 2.24) is 19.8 Å². The van der Waals surface area contributed by atoms with E-state index in [1.165, 1.54) is 16.8 Å². The molecule has 55 heavy (non-hydrogen) atoms. The van der Waals surface area contributed by atoms with E-state index >= 15 is 17.6 Å². The molecular formula is C38H42F7N7O2S. The number of nitrogen functional groups attached to an aromatic ring is 1. The molecule has 0 bridgehead atoms. The summed E-state index contributed by atoms with van der Waals surface area (Å²) in [5.41, 5.74) is -0.574. The van der Waals surface area contributed by atoms with Crippen LogP contribution in [0, 0.1) is 23.0 Å². The molecule has 3 saturated heterocycles. The van der Waals surface area contributed by atoms with Gasteiger partial charge in [0.15, 0.2) is 11.5 Å². The van der Waals surface area contributed by atoms with Crippen molar-refractivity contribution in [1.29, 1.82) is 5.26 Å². The molecule has 0 radical (unpaired) electrons. The van der Waals surface area contributed by atoms with Gasteiger partial charge in [0.2, 0.25) is 0 Å². The number of nitrogens with two attached hydrogens (primary N) is 1. The van der Waals surface area contributed by atoms with Crippen LogP contribution in [-0.4, -0.2) is 88.4 Å². The molecule has 9 nitrogen and oxygen atoms in total. The minimum atomic E-state index is -5.17. The van der Waals surface area contributed by atoms with E-state index in [4.69, 9.17) is 10.5 Å². The van der Waals surface area contributed by atoms with E-state index in [-0.39, 0.29) is 70.4 Å². The number of anilines is 2. The number of likely N-dealkylation sites (tertiary alicyclic amines) is 1. The number of amides is 1. The maximum Gasteiger partial charge on any atom is 0.417 e. The summed E-state index contributed by atoms with van der Waals surface area (Å²) >= 11 is 0.656. The van der Waals surface area contributed by atoms with Gasteiger partial charge in [-0.05, 0) is 64.3 Å². The Kier molecular flexibility index (Phi) is 10.7. The standard InChI is InChI=1S/C36H36F7N7O2S.C2H6/c1-17-24(8-11-50(17)32(51)34(2,3)40)48(4)31-20-12-22(36(41,42)43)26(19-6-7-23(38)29-25(19)21(14-44)30(45)53-29)27(39)28(20)46-33(47-31)52-16-35-9-5-10-49(35)15-18(37)13-35;1-2/h6-7,12,17-18,24H,5,8-11,13,15-16,45H2,1-4H3;1-2H3. The third kappa shape index (κ3) is 6.89. The lowest BCUT2D eigenvalue weighted by atomic mass is 9.92. The Morgan fingerprint density at radius 2 is 1.89 bits per heavy atom. The molecule has 3 aliphatic heterocycles. The van der Waals surface area contributed by atoms with Gasteiger partial charge in [0, 0.05) is 48.9 Å². The molecule has 2 aromatic heterocycles. The molecule has 3 aliphatic rings. The maximum atomic E-state index is 17.2. The Balaban J connectivity index is 0.00000253. The van der Waals surface area contributed by atoms with Gasteiger partial charge in [0.1, 0.15) is 41.0 Å². The highest BCUT2D eigenvalue weighted by Gasteiger charge is 2.50. The Bertz CT molecular complexity index is 2180. The fourth-order valence-corrected chi connectivity index (χ4v) is 9.34. The highest BCUT2D eigenvalue weighted by molar-refractivity contribution is 7.23. The van der Waals surface area contributed by atoms with Crippen LogP contribution in [-0.2, 0) is 11.0 Å². The zero-order valence-electron chi connectivity index (χ0n) is 31.3. The van der Waals surface area contributed by atoms with Crippen LogP contribution in [0.5, 0.6) is 6.01 Å². The number of aromatic nitrogens is 2. The van der Waals surface area contributed by atoms with Crippen molar-refractivity contribution in [3.8, 4) is 23.2 Å². The average molecular weight is 794 g/mol. The van der Waals surface area contributed by atoms with Crippen LogP contribution in [0.1, 0.15) is 71.4 Å². The van der Waals surface area contributed by atoms with Crippen LogP contribution in [0.4, 0.5) is 41.6 Å². The van der Waals surface area contributed by atoms with Crippen molar-refractivity contribution in [2.75, 3.05) is 43.9 Å². The SMILES string of the molecule is CC.CC1C(N(C)c2nc(OCC34CCCN3CC(F)C4)nc3c(F)c(-c4ccc(F)c5sc(N)c(C#N)c45)c(C(F)(F)F)cc23)CCN1C(=O)C(C)(C)F. The third-order valence-corrected chi connectivity index (χ3v) is 12.0. The molecular weight excluding hydrogens is 752 g/mol. The summed E-state index contributed by atoms with van der Waals surface area (Å²) in [7, 11) is 1.53. The minimum absolute atomic E-state index is 0.0663. The van der Waals surface area contributed by atoms with Gasteiger partial charge < -0.3 is 20.3 Å². The van der Waals surface area contributed by atoms with Crippen LogP contribution in [0.2, 0.25) is 0 Å². The van der Waals surface area contributed by atoms with Gasteiger partial charge >= 0.3 is 12.2 Å². The van der Waals surface area contributed by atoms with Gasteiger partial charge in [0.05, 0.1) is 27.4 Å². The Hall–Kier alpha value is -4.43. The number of alkyl halides is 5. The highest BCUT2D eigenvalue weighted by Crippen LogP contribution is 2.48. The molecule has 4 unspecified atom stereocenters. The average Bonchev–Trinajstić information content (AvgIpc) is 3.87. The molecule has 1 amide bonds. The van der Waals surface area contributed by atoms with Gasteiger partial charge in [-0.1, -0.05) is 19.9 Å². The van der Waals surface area contributed by atoms with E-state index in [1.54, 1.807) is 13.0 Å². The topological polar surface area (TPSA) is 112 Å². The number of carbonyl (C=O) groups excluding carboxylic acids is 1. The van der Waals surface area contributed by atoms with Crippen molar-refractivity contribution in [3.05, 3.63) is 41.0 Å². The Labute approximate surface area is 317 Å². The molecule has 296 valence electrons. The van der Waals surface area contributed by atoms with Crippen molar-refractivity contribution in [2.45, 2.75) is 95.9 Å². The molecule has 4 aromatic rings. The van der Waals surface area contributed by atoms with E-state index < -0.39 is 75.4 Å². The number of hydrogen-bond acceptors (Lipinski definition) is 9. The molecule has 3 fully saturated rings. The lowest BCUT2D eigenvalue weighted by molar-refractivity contribution is -0.142. The molecule has 0 aliphatic carbocycles. The van der Waals surface area contributed by atoms with Crippen LogP contribution in [0.15, 0.2) is 18.2 Å². The number of likely N-dealkylation sites (N-methyl/N-ethyl adjacent to an activating group) is 1. The normalized spacial score (nSPS) is 22.8. The van der Waals surface area contributed by atoms with Crippen LogP contribution in [0.25, 0.3) is 32.1 Å². The number of thiophene rings is 1. The first-order valence-electron chi connectivity index (χ1n) is 18.1. The number of nitriles is 1. The number of rotatable bonds is 7. The minimum Gasteiger partial charge on any atom is -0.461 e. The van der Waals surface area contributed by atoms with Gasteiger partial charge in [-0.3, -0.25) is 9.69 Å². The van der Waals surface area contributed by atoms with E-state index in [9.17, 15) is 23.2 Å². The van der Waals surface area contributed by atoms with Crippen molar-refractivity contribution in [3.63, 3.8) is 0 Å². The molecule has 7 rings (SSSR count). The lowest BCUT2D eigenvalue weighted by Gasteiger charge is -2.34. The van der Waals surface area contributed by atoms with Crippen LogP contribution < -0.4 is 15.4 Å². The fourth-order valence-electron chi connectivity index (χ4n) is 8.39. The van der Waals surface area contributed by atoms with Crippen LogP contribution in [0.3, 0.4) is 0 Å². The smallest absolute Gasteiger partial charge is 0.417 e. The third-order valence-electron chi connectivity index (χ3n) is 10.9. The molecule has 0 spiro atoms.